The second-order valence-corrected chi connectivity index (χ2v) is 18.1. The molecule has 3 heterocycles. The van der Waals surface area contributed by atoms with Crippen molar-refractivity contribution in [1.29, 1.82) is 0 Å². The monoisotopic (exact) mass is 833 g/mol. The first-order valence-electron chi connectivity index (χ1n) is 18.6. The molecule has 4 aliphatic rings. The summed E-state index contributed by atoms with van der Waals surface area (Å²) in [5.41, 5.74) is 1.86. The molecule has 1 aliphatic carbocycles. The summed E-state index contributed by atoms with van der Waals surface area (Å²) in [5.74, 6) is -1.23. The van der Waals surface area contributed by atoms with Gasteiger partial charge in [-0.15, -0.1) is 5.06 Å². The molecule has 1 fully saturated rings. The van der Waals surface area contributed by atoms with Crippen molar-refractivity contribution >= 4 is 49.8 Å². The quantitative estimate of drug-likeness (QED) is 0.0990. The topological polar surface area (TPSA) is 197 Å². The molecular weight excluding hydrogens is 786 g/mol. The molecule has 1 aromatic rings. The number of carbonyl (C=O) groups is 3. The van der Waals surface area contributed by atoms with Crippen LogP contribution in [0.3, 0.4) is 0 Å². The number of anilines is 1. The van der Waals surface area contributed by atoms with E-state index in [0.29, 0.717) is 27.8 Å². The van der Waals surface area contributed by atoms with E-state index in [1.54, 1.807) is 4.90 Å². The molecule has 0 aromatic heterocycles. The first kappa shape index (κ1) is 46.1. The summed E-state index contributed by atoms with van der Waals surface area (Å²) >= 11 is 0. The van der Waals surface area contributed by atoms with Gasteiger partial charge in [0.15, 0.2) is 0 Å². The second kappa shape index (κ2) is 18.1. The number of rotatable bonds is 14. The Kier molecular flexibility index (Phi) is 14.6. The molecule has 17 heteroatoms. The fourth-order valence-corrected chi connectivity index (χ4v) is 8.20. The Morgan fingerprint density at radius 3 is 2.25 bits per heavy atom. The summed E-state index contributed by atoms with van der Waals surface area (Å²) < 4.78 is 80.1. The minimum absolute atomic E-state index is 0. The van der Waals surface area contributed by atoms with E-state index in [2.05, 4.69) is 39.2 Å². The third-order valence-corrected chi connectivity index (χ3v) is 11.8. The van der Waals surface area contributed by atoms with Gasteiger partial charge >= 0.3 is 35.5 Å². The molecule has 1 saturated heterocycles. The summed E-state index contributed by atoms with van der Waals surface area (Å²) in [6, 6.07) is 12.0. The van der Waals surface area contributed by atoms with Crippen molar-refractivity contribution in [1.82, 2.24) is 9.64 Å². The molecule has 0 bridgehead atoms. The normalized spacial score (nSPS) is 18.1. The fourth-order valence-electron chi connectivity index (χ4n) is 7.22. The maximum Gasteiger partial charge on any atom is 1.00 e. The molecule has 1 unspecified atom stereocenters. The third-order valence-electron chi connectivity index (χ3n) is 10.2. The van der Waals surface area contributed by atoms with E-state index >= 15 is 0 Å². The summed E-state index contributed by atoms with van der Waals surface area (Å²) in [7, 11) is -9.44. The number of allylic oxidation sites excluding steroid dienone is 3. The Labute approximate surface area is 356 Å². The molecule has 14 nitrogen and oxygen atoms in total. The summed E-state index contributed by atoms with van der Waals surface area (Å²) in [6.45, 7) is 13.8. The van der Waals surface area contributed by atoms with E-state index in [0.717, 1.165) is 35.3 Å². The molecule has 5 rings (SSSR count). The van der Waals surface area contributed by atoms with Crippen molar-refractivity contribution in [2.45, 2.75) is 95.8 Å². The Bertz CT molecular complexity index is 2340. The molecule has 0 spiro atoms. The molecule has 1 aromatic carbocycles. The minimum atomic E-state index is -4.88. The molecule has 57 heavy (non-hydrogen) atoms. The summed E-state index contributed by atoms with van der Waals surface area (Å²) in [4.78, 5) is 43.2. The minimum Gasteiger partial charge on any atom is -0.748 e. The Balaban J connectivity index is 0.00000720. The van der Waals surface area contributed by atoms with Crippen LogP contribution in [0, 0.1) is 0 Å². The van der Waals surface area contributed by atoms with Crippen molar-refractivity contribution in [3.8, 4) is 11.3 Å². The van der Waals surface area contributed by atoms with Gasteiger partial charge < -0.3 is 23.3 Å². The number of benzene rings is 2. The maximum absolute atomic E-state index is 12.8. The van der Waals surface area contributed by atoms with Gasteiger partial charge in [-0.3, -0.25) is 9.59 Å². The van der Waals surface area contributed by atoms with E-state index in [4.69, 9.17) is 9.25 Å². The van der Waals surface area contributed by atoms with Gasteiger partial charge in [-0.05, 0) is 87.6 Å². The molecule has 0 saturated carbocycles. The first-order chi connectivity index (χ1) is 26.2. The fraction of sp³-hybridized carbons (Fsp3) is 0.450. The average molecular weight is 834 g/mol. The van der Waals surface area contributed by atoms with Crippen LogP contribution in [0.5, 0.6) is 0 Å². The second-order valence-electron chi connectivity index (χ2n) is 15.2. The van der Waals surface area contributed by atoms with Gasteiger partial charge in [-0.1, -0.05) is 32.9 Å². The van der Waals surface area contributed by atoms with Crippen LogP contribution in [0.15, 0.2) is 69.6 Å². The van der Waals surface area contributed by atoms with Crippen LogP contribution in [-0.4, -0.2) is 74.2 Å². The molecule has 1 atom stereocenters. The van der Waals surface area contributed by atoms with Crippen LogP contribution in [0.4, 0.5) is 5.69 Å². The van der Waals surface area contributed by atoms with Crippen LogP contribution in [0.25, 0.3) is 17.4 Å². The predicted molar refractivity (Wildman–Crippen MR) is 207 cm³/mol. The van der Waals surface area contributed by atoms with Crippen LogP contribution < -0.4 is 44.4 Å². The molecule has 2 amide bonds. The van der Waals surface area contributed by atoms with Gasteiger partial charge in [0.2, 0.25) is 5.36 Å². The van der Waals surface area contributed by atoms with Crippen molar-refractivity contribution < 1.29 is 79.1 Å². The average Bonchev–Trinajstić information content (AvgIpc) is 3.54. The molecule has 3 aliphatic heterocycles. The zero-order valence-corrected chi connectivity index (χ0v) is 37.1. The number of amides is 2. The van der Waals surface area contributed by atoms with E-state index in [1.807, 2.05) is 49.4 Å². The number of hydroxylamine groups is 2. The zero-order valence-electron chi connectivity index (χ0n) is 33.5. The Morgan fingerprint density at radius 2 is 1.65 bits per heavy atom. The van der Waals surface area contributed by atoms with Crippen LogP contribution in [0.1, 0.15) is 97.0 Å². The van der Waals surface area contributed by atoms with Gasteiger partial charge in [-0.25, -0.2) is 26.2 Å². The number of hydrogen-bond donors (Lipinski definition) is 0. The van der Waals surface area contributed by atoms with Gasteiger partial charge in [0.1, 0.15) is 34.7 Å². The summed E-state index contributed by atoms with van der Waals surface area (Å²) in [6.07, 6.45) is 5.53. The van der Waals surface area contributed by atoms with Gasteiger partial charge in [0, 0.05) is 65.4 Å². The van der Waals surface area contributed by atoms with Crippen LogP contribution in [-0.2, 0) is 50.3 Å². The SMILES string of the molecule is CC[N+](CC)=c1ccc2c(C=CC=C3N(CCCS(=O)(=O)[O-])c4ccc(S(=O)(=O)[O-])cc4C3(C)CCCC(=O)ON3C(=O)CCC3=O)cc(C(C)(C)C)oc-2c1.[Na+]. The number of carbonyl (C=O) groups excluding carboxylic acids is 3. The molecule has 302 valence electrons. The summed E-state index contributed by atoms with van der Waals surface area (Å²) in [5, 5.41) is 1.49. The standard InChI is InChI=1S/C40H49N3O11S2.Na/c1-7-41(8-2)28-15-17-30-27(24-35(39(3,4)5)53-33(30)25-28)12-9-13-34-40(6,21-10-14-38(46)54-43-36(44)19-20-37(43)45)31-26-29(56(50,51)52)16-18-32(31)42(34)22-11-23-55(47,48)49;/h9,12-13,15-18,24-26H,7-8,10-11,14,19-23H2,1-6H3,(H-,47,48,49,50,51,52);/q;+1/p-1. The smallest absolute Gasteiger partial charge is 0.748 e. The van der Waals surface area contributed by atoms with Crippen molar-refractivity contribution in [3.63, 3.8) is 0 Å². The van der Waals surface area contributed by atoms with Crippen LogP contribution in [0.2, 0.25) is 0 Å². The maximum atomic E-state index is 12.8. The molecule has 0 N–H and O–H groups in total. The van der Waals surface area contributed by atoms with Gasteiger partial charge in [-0.2, -0.15) is 0 Å². The van der Waals surface area contributed by atoms with E-state index in [1.165, 1.54) is 18.2 Å². The number of nitrogens with zero attached hydrogens (tertiary/aromatic N) is 3. The molecular formula is C40H48N3NaO11S2. The van der Waals surface area contributed by atoms with Crippen molar-refractivity contribution in [3.05, 3.63) is 82.6 Å². The van der Waals surface area contributed by atoms with E-state index < -0.39 is 54.1 Å². The largest absolute Gasteiger partial charge is 1.00 e. The van der Waals surface area contributed by atoms with E-state index in [-0.39, 0.29) is 80.0 Å². The van der Waals surface area contributed by atoms with E-state index in [9.17, 15) is 40.3 Å². The molecule has 0 radical (unpaired) electrons. The van der Waals surface area contributed by atoms with Crippen LogP contribution >= 0.6 is 0 Å². The van der Waals surface area contributed by atoms with Gasteiger partial charge in [0.05, 0.1) is 21.1 Å². The van der Waals surface area contributed by atoms with Gasteiger partial charge in [0.25, 0.3) is 11.8 Å². The third kappa shape index (κ3) is 10.7. The number of fused-ring (bicyclic) bond motifs is 2. The Morgan fingerprint density at radius 1 is 0.982 bits per heavy atom. The number of hydrogen-bond acceptors (Lipinski definition) is 12. The van der Waals surface area contributed by atoms with Crippen molar-refractivity contribution in [2.75, 3.05) is 30.3 Å². The van der Waals surface area contributed by atoms with Crippen molar-refractivity contribution in [2.24, 2.45) is 0 Å². The zero-order chi connectivity index (χ0) is 41.2. The number of imide groups is 1. The predicted octanol–water partition coefficient (Wildman–Crippen LogP) is 1.79. The first-order valence-corrected chi connectivity index (χ1v) is 21.6. The Hall–Kier alpha value is -3.64.